The molecule has 0 saturated carbocycles. The van der Waals surface area contributed by atoms with E-state index in [0.29, 0.717) is 12.1 Å². The lowest BCUT2D eigenvalue weighted by Gasteiger charge is -2.24. The van der Waals surface area contributed by atoms with Crippen LogP contribution in [0.4, 0.5) is 8.78 Å². The van der Waals surface area contributed by atoms with E-state index in [-0.39, 0.29) is 24.3 Å². The minimum Gasteiger partial charge on any atom is -0.341 e. The van der Waals surface area contributed by atoms with Gasteiger partial charge in [0, 0.05) is 31.6 Å². The summed E-state index contributed by atoms with van der Waals surface area (Å²) in [7, 11) is 0. The molecule has 1 aromatic rings. The zero-order valence-electron chi connectivity index (χ0n) is 11.9. The molecule has 2 heterocycles. The van der Waals surface area contributed by atoms with Crippen LogP contribution in [-0.4, -0.2) is 36.0 Å². The summed E-state index contributed by atoms with van der Waals surface area (Å²) in [5.41, 5.74) is 0.276. The van der Waals surface area contributed by atoms with Crippen LogP contribution in [0.5, 0.6) is 0 Å². The first-order valence-corrected chi connectivity index (χ1v) is 7.60. The number of nitrogens with one attached hydrogen (secondary N) is 1. The highest BCUT2D eigenvalue weighted by molar-refractivity contribution is 5.76. The standard InChI is InChI=1S/C16H20F2N2O/c17-14-3-1-2-11(16(14)18)4-7-15(21)20-9-8-12-5-6-13(10-20)19-12/h1-3,12-13,19H,4-10H2. The van der Waals surface area contributed by atoms with Crippen molar-refractivity contribution in [1.82, 2.24) is 10.2 Å². The zero-order valence-corrected chi connectivity index (χ0v) is 11.9. The van der Waals surface area contributed by atoms with Gasteiger partial charge in [0.05, 0.1) is 0 Å². The van der Waals surface area contributed by atoms with Gasteiger partial charge in [0.2, 0.25) is 5.91 Å². The van der Waals surface area contributed by atoms with Crippen LogP contribution in [0, 0.1) is 11.6 Å². The van der Waals surface area contributed by atoms with Crippen molar-refractivity contribution in [3.05, 3.63) is 35.4 Å². The molecule has 2 aliphatic rings. The Morgan fingerprint density at radius 2 is 2.05 bits per heavy atom. The lowest BCUT2D eigenvalue weighted by Crippen LogP contribution is -2.39. The van der Waals surface area contributed by atoms with Crippen LogP contribution in [0.3, 0.4) is 0 Å². The van der Waals surface area contributed by atoms with Crippen molar-refractivity contribution in [3.63, 3.8) is 0 Å². The molecule has 2 aliphatic heterocycles. The molecule has 3 rings (SSSR count). The molecule has 2 bridgehead atoms. The topological polar surface area (TPSA) is 32.3 Å². The van der Waals surface area contributed by atoms with E-state index < -0.39 is 11.6 Å². The second kappa shape index (κ2) is 6.10. The summed E-state index contributed by atoms with van der Waals surface area (Å²) in [6.45, 7) is 1.50. The Kier molecular flexibility index (Phi) is 4.19. The summed E-state index contributed by atoms with van der Waals surface area (Å²) >= 11 is 0. The van der Waals surface area contributed by atoms with Gasteiger partial charge in [0.15, 0.2) is 11.6 Å². The molecule has 114 valence electrons. The van der Waals surface area contributed by atoms with Crippen LogP contribution in [-0.2, 0) is 11.2 Å². The van der Waals surface area contributed by atoms with Crippen molar-refractivity contribution >= 4 is 5.91 Å². The second-order valence-corrected chi connectivity index (χ2v) is 5.98. The Labute approximate surface area is 123 Å². The molecular formula is C16H20F2N2O. The van der Waals surface area contributed by atoms with Crippen molar-refractivity contribution < 1.29 is 13.6 Å². The maximum atomic E-state index is 13.6. The van der Waals surface area contributed by atoms with Gasteiger partial charge >= 0.3 is 0 Å². The van der Waals surface area contributed by atoms with Gasteiger partial charge in [-0.05, 0) is 37.3 Å². The first-order valence-electron chi connectivity index (χ1n) is 7.60. The number of likely N-dealkylation sites (tertiary alicyclic amines) is 1. The molecule has 5 heteroatoms. The van der Waals surface area contributed by atoms with E-state index in [2.05, 4.69) is 5.32 Å². The van der Waals surface area contributed by atoms with Gasteiger partial charge in [-0.1, -0.05) is 12.1 Å². The van der Waals surface area contributed by atoms with Gasteiger partial charge in [-0.15, -0.1) is 0 Å². The number of carbonyl (C=O) groups is 1. The lowest BCUT2D eigenvalue weighted by atomic mass is 10.1. The van der Waals surface area contributed by atoms with Crippen molar-refractivity contribution in [2.75, 3.05) is 13.1 Å². The van der Waals surface area contributed by atoms with E-state index in [4.69, 9.17) is 0 Å². The number of halogens is 2. The predicted molar refractivity (Wildman–Crippen MR) is 75.8 cm³/mol. The molecule has 2 saturated heterocycles. The molecule has 0 spiro atoms. The van der Waals surface area contributed by atoms with Crippen LogP contribution >= 0.6 is 0 Å². The molecule has 1 N–H and O–H groups in total. The largest absolute Gasteiger partial charge is 0.341 e. The first-order chi connectivity index (χ1) is 10.1. The number of hydrogen-bond donors (Lipinski definition) is 1. The fraction of sp³-hybridized carbons (Fsp3) is 0.562. The number of fused-ring (bicyclic) bond motifs is 2. The highest BCUT2D eigenvalue weighted by Gasteiger charge is 2.30. The van der Waals surface area contributed by atoms with Crippen LogP contribution in [0.25, 0.3) is 0 Å². The van der Waals surface area contributed by atoms with Crippen LogP contribution < -0.4 is 5.32 Å². The lowest BCUT2D eigenvalue weighted by molar-refractivity contribution is -0.131. The summed E-state index contributed by atoms with van der Waals surface area (Å²) in [5.74, 6) is -1.65. The molecule has 3 nitrogen and oxygen atoms in total. The third-order valence-electron chi connectivity index (χ3n) is 4.52. The monoisotopic (exact) mass is 294 g/mol. The Balaban J connectivity index is 1.57. The van der Waals surface area contributed by atoms with Gasteiger partial charge in [-0.3, -0.25) is 4.79 Å². The molecule has 2 unspecified atom stereocenters. The van der Waals surface area contributed by atoms with Gasteiger partial charge in [0.25, 0.3) is 0 Å². The highest BCUT2D eigenvalue weighted by Crippen LogP contribution is 2.21. The number of amides is 1. The molecule has 1 aromatic carbocycles. The average molecular weight is 294 g/mol. The third kappa shape index (κ3) is 3.23. The smallest absolute Gasteiger partial charge is 0.222 e. The van der Waals surface area contributed by atoms with E-state index in [0.717, 1.165) is 32.0 Å². The summed E-state index contributed by atoms with van der Waals surface area (Å²) < 4.78 is 26.7. The summed E-state index contributed by atoms with van der Waals surface area (Å²) in [5, 5.41) is 3.52. The van der Waals surface area contributed by atoms with E-state index in [9.17, 15) is 13.6 Å². The number of carbonyl (C=O) groups excluding carboxylic acids is 1. The second-order valence-electron chi connectivity index (χ2n) is 5.98. The minimum absolute atomic E-state index is 0.0352. The SMILES string of the molecule is O=C(CCc1cccc(F)c1F)N1CCC2CCC(C1)N2. The highest BCUT2D eigenvalue weighted by atomic mass is 19.2. The molecular weight excluding hydrogens is 274 g/mol. The van der Waals surface area contributed by atoms with Crippen LogP contribution in [0.15, 0.2) is 18.2 Å². The van der Waals surface area contributed by atoms with E-state index in [1.54, 1.807) is 0 Å². The van der Waals surface area contributed by atoms with Crippen LogP contribution in [0.2, 0.25) is 0 Å². The van der Waals surface area contributed by atoms with Gasteiger partial charge in [0.1, 0.15) is 0 Å². The van der Waals surface area contributed by atoms with Crippen molar-refractivity contribution in [3.8, 4) is 0 Å². The van der Waals surface area contributed by atoms with Gasteiger partial charge in [-0.2, -0.15) is 0 Å². The number of hydrogen-bond acceptors (Lipinski definition) is 2. The zero-order chi connectivity index (χ0) is 14.8. The summed E-state index contributed by atoms with van der Waals surface area (Å²) in [6, 6.07) is 5.04. The van der Waals surface area contributed by atoms with Crippen LogP contribution in [0.1, 0.15) is 31.2 Å². The van der Waals surface area contributed by atoms with Crippen molar-refractivity contribution in [1.29, 1.82) is 0 Å². The van der Waals surface area contributed by atoms with Crippen molar-refractivity contribution in [2.24, 2.45) is 0 Å². The summed E-state index contributed by atoms with van der Waals surface area (Å²) in [4.78, 5) is 14.1. The predicted octanol–water partition coefficient (Wildman–Crippen LogP) is 2.25. The quantitative estimate of drug-likeness (QED) is 0.927. The number of rotatable bonds is 3. The minimum atomic E-state index is -0.851. The van der Waals surface area contributed by atoms with E-state index in [1.165, 1.54) is 18.6 Å². The van der Waals surface area contributed by atoms with E-state index >= 15 is 0 Å². The van der Waals surface area contributed by atoms with Crippen molar-refractivity contribution in [2.45, 2.75) is 44.2 Å². The average Bonchev–Trinajstić information content (AvgIpc) is 2.79. The fourth-order valence-corrected chi connectivity index (χ4v) is 3.31. The molecule has 21 heavy (non-hydrogen) atoms. The Morgan fingerprint density at radius 3 is 2.90 bits per heavy atom. The maximum absolute atomic E-state index is 13.6. The van der Waals surface area contributed by atoms with E-state index in [1.807, 2.05) is 4.90 Å². The first kappa shape index (κ1) is 14.4. The molecule has 2 atom stereocenters. The molecule has 0 aliphatic carbocycles. The molecule has 0 aromatic heterocycles. The fourth-order valence-electron chi connectivity index (χ4n) is 3.31. The van der Waals surface area contributed by atoms with Gasteiger partial charge < -0.3 is 10.2 Å². The Hall–Kier alpha value is -1.49. The number of benzene rings is 1. The Morgan fingerprint density at radius 1 is 1.24 bits per heavy atom. The molecule has 1 amide bonds. The maximum Gasteiger partial charge on any atom is 0.222 e. The molecule has 2 fully saturated rings. The molecule has 0 radical (unpaired) electrons. The van der Waals surface area contributed by atoms with Gasteiger partial charge in [-0.25, -0.2) is 8.78 Å². The third-order valence-corrected chi connectivity index (χ3v) is 4.52. The summed E-state index contributed by atoms with van der Waals surface area (Å²) in [6.07, 6.45) is 3.78. The normalized spacial score (nSPS) is 25.0. The number of aryl methyl sites for hydroxylation is 1. The number of nitrogens with zero attached hydrogens (tertiary/aromatic N) is 1. The Bertz CT molecular complexity index is 535.